The molecule has 122 valence electrons. The molecule has 0 saturated carbocycles. The van der Waals surface area contributed by atoms with Gasteiger partial charge in [0.1, 0.15) is 5.60 Å². The smallest absolute Gasteiger partial charge is 0.417 e. The van der Waals surface area contributed by atoms with Crippen LogP contribution in [-0.2, 0) is 22.3 Å². The van der Waals surface area contributed by atoms with Gasteiger partial charge in [-0.15, -0.1) is 0 Å². The number of aromatic nitrogens is 1. The number of hydrogen-bond donors (Lipinski definition) is 2. The number of nitrogens with one attached hydrogen (secondary N) is 2. The number of pyridine rings is 1. The van der Waals surface area contributed by atoms with Gasteiger partial charge in [0.25, 0.3) is 0 Å². The number of amides is 2. The monoisotopic (exact) mass is 319 g/mol. The Morgan fingerprint density at radius 1 is 1.36 bits per heavy atom. The van der Waals surface area contributed by atoms with Crippen LogP contribution in [0.15, 0.2) is 12.3 Å². The van der Waals surface area contributed by atoms with E-state index in [-0.39, 0.29) is 17.9 Å². The van der Waals surface area contributed by atoms with E-state index < -0.39 is 23.4 Å². The second-order valence-corrected chi connectivity index (χ2v) is 5.34. The van der Waals surface area contributed by atoms with E-state index in [1.54, 1.807) is 20.8 Å². The maximum absolute atomic E-state index is 12.7. The Morgan fingerprint density at radius 3 is 2.50 bits per heavy atom. The third kappa shape index (κ3) is 5.58. The summed E-state index contributed by atoms with van der Waals surface area (Å²) < 4.78 is 43.1. The molecule has 0 spiro atoms. The molecule has 1 aromatic rings. The summed E-state index contributed by atoms with van der Waals surface area (Å²) in [6.07, 6.45) is -4.52. The minimum atomic E-state index is -4.60. The van der Waals surface area contributed by atoms with Gasteiger partial charge in [-0.05, 0) is 26.8 Å². The summed E-state index contributed by atoms with van der Waals surface area (Å²) in [5, 5.41) is 4.48. The first-order chi connectivity index (χ1) is 10.0. The van der Waals surface area contributed by atoms with E-state index in [1.165, 1.54) is 0 Å². The molecule has 1 rings (SSSR count). The van der Waals surface area contributed by atoms with Crippen LogP contribution in [0.3, 0.4) is 0 Å². The number of hydrogen-bond acceptors (Lipinski definition) is 4. The molecule has 0 aromatic carbocycles. The molecule has 0 aliphatic rings. The second kappa shape index (κ2) is 6.63. The van der Waals surface area contributed by atoms with Crippen LogP contribution in [0.2, 0.25) is 0 Å². The van der Waals surface area contributed by atoms with E-state index >= 15 is 0 Å². The Kier molecular flexibility index (Phi) is 5.34. The van der Waals surface area contributed by atoms with Gasteiger partial charge in [0, 0.05) is 6.20 Å². The van der Waals surface area contributed by atoms with E-state index in [2.05, 4.69) is 15.6 Å². The first-order valence-corrected chi connectivity index (χ1v) is 6.26. The topological polar surface area (TPSA) is 80.3 Å². The highest BCUT2D eigenvalue weighted by molar-refractivity contribution is 5.85. The first kappa shape index (κ1) is 17.7. The molecular formula is C13H16F3N3O3. The molecule has 2 N–H and O–H groups in total. The summed E-state index contributed by atoms with van der Waals surface area (Å²) >= 11 is 0. The first-order valence-electron chi connectivity index (χ1n) is 6.26. The molecule has 0 aliphatic heterocycles. The molecule has 0 atom stereocenters. The van der Waals surface area contributed by atoms with Crippen LogP contribution in [0.1, 0.15) is 32.0 Å². The SMILES string of the molecule is CC(C)(C)OC(=O)Nc1cc(C(F)(F)F)cnc1CNC=O. The van der Waals surface area contributed by atoms with Crippen molar-refractivity contribution in [2.24, 2.45) is 0 Å². The molecule has 1 heterocycles. The number of nitrogens with zero attached hydrogens (tertiary/aromatic N) is 1. The molecule has 1 aromatic heterocycles. The lowest BCUT2D eigenvalue weighted by Crippen LogP contribution is -2.28. The van der Waals surface area contributed by atoms with Gasteiger partial charge in [0.15, 0.2) is 0 Å². The highest BCUT2D eigenvalue weighted by atomic mass is 19.4. The maximum atomic E-state index is 12.7. The van der Waals surface area contributed by atoms with Crippen LogP contribution < -0.4 is 10.6 Å². The van der Waals surface area contributed by atoms with E-state index in [1.807, 2.05) is 0 Å². The summed E-state index contributed by atoms with van der Waals surface area (Å²) in [5.41, 5.74) is -1.93. The Labute approximate surface area is 125 Å². The lowest BCUT2D eigenvalue weighted by Gasteiger charge is -2.20. The molecule has 9 heteroatoms. The summed E-state index contributed by atoms with van der Waals surface area (Å²) in [6.45, 7) is 4.72. The summed E-state index contributed by atoms with van der Waals surface area (Å²) in [7, 11) is 0. The van der Waals surface area contributed by atoms with Gasteiger partial charge >= 0.3 is 12.3 Å². The van der Waals surface area contributed by atoms with Crippen molar-refractivity contribution < 1.29 is 27.5 Å². The molecule has 2 amide bonds. The van der Waals surface area contributed by atoms with E-state index in [0.717, 1.165) is 6.07 Å². The Bertz CT molecular complexity index is 554. The fourth-order valence-electron chi connectivity index (χ4n) is 1.45. The van der Waals surface area contributed by atoms with E-state index in [9.17, 15) is 22.8 Å². The predicted octanol–water partition coefficient (Wildman–Crippen LogP) is 2.69. The number of alkyl halides is 3. The molecule has 0 radical (unpaired) electrons. The number of anilines is 1. The average Bonchev–Trinajstić information content (AvgIpc) is 2.33. The van der Waals surface area contributed by atoms with Gasteiger partial charge in [0.05, 0.1) is 23.5 Å². The van der Waals surface area contributed by atoms with Crippen molar-refractivity contribution in [3.05, 3.63) is 23.5 Å². The van der Waals surface area contributed by atoms with E-state index in [4.69, 9.17) is 4.74 Å². The molecular weight excluding hydrogens is 303 g/mol. The molecule has 0 fully saturated rings. The number of halogens is 3. The van der Waals surface area contributed by atoms with Gasteiger partial charge in [-0.1, -0.05) is 0 Å². The zero-order valence-electron chi connectivity index (χ0n) is 12.2. The molecule has 6 nitrogen and oxygen atoms in total. The van der Waals surface area contributed by atoms with Crippen molar-refractivity contribution in [1.82, 2.24) is 10.3 Å². The fourth-order valence-corrected chi connectivity index (χ4v) is 1.45. The largest absolute Gasteiger partial charge is 0.444 e. The lowest BCUT2D eigenvalue weighted by molar-refractivity contribution is -0.137. The van der Waals surface area contributed by atoms with Gasteiger partial charge in [-0.25, -0.2) is 4.79 Å². The Hall–Kier alpha value is -2.32. The van der Waals surface area contributed by atoms with Gasteiger partial charge < -0.3 is 10.1 Å². The quantitative estimate of drug-likeness (QED) is 0.836. The van der Waals surface area contributed by atoms with Crippen LogP contribution in [0, 0.1) is 0 Å². The van der Waals surface area contributed by atoms with Gasteiger partial charge in [0.2, 0.25) is 6.41 Å². The van der Waals surface area contributed by atoms with Crippen LogP contribution in [0.4, 0.5) is 23.7 Å². The maximum Gasteiger partial charge on any atom is 0.417 e. The van der Waals surface area contributed by atoms with Crippen molar-refractivity contribution in [3.63, 3.8) is 0 Å². The van der Waals surface area contributed by atoms with Crippen LogP contribution in [-0.4, -0.2) is 23.1 Å². The van der Waals surface area contributed by atoms with Gasteiger partial charge in [-0.2, -0.15) is 13.2 Å². The van der Waals surface area contributed by atoms with Crippen molar-refractivity contribution in [1.29, 1.82) is 0 Å². The number of rotatable bonds is 4. The van der Waals surface area contributed by atoms with Crippen molar-refractivity contribution in [2.45, 2.75) is 39.1 Å². The minimum Gasteiger partial charge on any atom is -0.444 e. The molecule has 0 bridgehead atoms. The third-order valence-corrected chi connectivity index (χ3v) is 2.29. The van der Waals surface area contributed by atoms with Crippen LogP contribution >= 0.6 is 0 Å². The van der Waals surface area contributed by atoms with Crippen molar-refractivity contribution in [2.75, 3.05) is 5.32 Å². The lowest BCUT2D eigenvalue weighted by atomic mass is 10.2. The highest BCUT2D eigenvalue weighted by Crippen LogP contribution is 2.31. The zero-order chi connectivity index (χ0) is 17.0. The van der Waals surface area contributed by atoms with Crippen LogP contribution in [0.25, 0.3) is 0 Å². The Morgan fingerprint density at radius 2 is 2.00 bits per heavy atom. The summed E-state index contributed by atoms with van der Waals surface area (Å²) in [5.74, 6) is 0. The number of carbonyl (C=O) groups is 2. The van der Waals surface area contributed by atoms with Crippen molar-refractivity contribution in [3.8, 4) is 0 Å². The standard InChI is InChI=1S/C13H16F3N3O3/c1-12(2,3)22-11(21)19-9-4-8(13(14,15)16)5-18-10(9)6-17-7-20/h4-5,7H,6H2,1-3H3,(H,17,20)(H,19,21). The van der Waals surface area contributed by atoms with Crippen LogP contribution in [0.5, 0.6) is 0 Å². The number of ether oxygens (including phenoxy) is 1. The average molecular weight is 319 g/mol. The minimum absolute atomic E-state index is 0.0750. The highest BCUT2D eigenvalue weighted by Gasteiger charge is 2.32. The summed E-state index contributed by atoms with van der Waals surface area (Å²) in [6, 6.07) is 0.735. The molecule has 0 saturated heterocycles. The molecule has 0 aliphatic carbocycles. The van der Waals surface area contributed by atoms with Gasteiger partial charge in [-0.3, -0.25) is 15.1 Å². The zero-order valence-corrected chi connectivity index (χ0v) is 12.2. The Balaban J connectivity index is 3.05. The predicted molar refractivity (Wildman–Crippen MR) is 72.0 cm³/mol. The second-order valence-electron chi connectivity index (χ2n) is 5.34. The summed E-state index contributed by atoms with van der Waals surface area (Å²) in [4.78, 5) is 25.6. The van der Waals surface area contributed by atoms with Crippen molar-refractivity contribution >= 4 is 18.2 Å². The fraction of sp³-hybridized carbons (Fsp3) is 0.462. The molecule has 22 heavy (non-hydrogen) atoms. The third-order valence-electron chi connectivity index (χ3n) is 2.29. The van der Waals surface area contributed by atoms with E-state index in [0.29, 0.717) is 12.6 Å². The normalized spacial score (nSPS) is 11.7. The molecule has 0 unspecified atom stereocenters. The number of carbonyl (C=O) groups excluding carboxylic acids is 2.